The Kier molecular flexibility index (Phi) is 5.15. The number of hydrogen-bond acceptors (Lipinski definition) is 3. The van der Waals surface area contributed by atoms with Crippen LogP contribution in [0.2, 0.25) is 0 Å². The van der Waals surface area contributed by atoms with Gasteiger partial charge in [0.25, 0.3) is 0 Å². The van der Waals surface area contributed by atoms with Crippen LogP contribution < -0.4 is 5.32 Å². The Morgan fingerprint density at radius 1 is 1.40 bits per heavy atom. The summed E-state index contributed by atoms with van der Waals surface area (Å²) in [4.78, 5) is 13.3. The van der Waals surface area contributed by atoms with Gasteiger partial charge in [-0.1, -0.05) is 26.0 Å². The predicted octanol–water partition coefficient (Wildman–Crippen LogP) is 2.20. The lowest BCUT2D eigenvalue weighted by Gasteiger charge is -2.34. The molecule has 1 aromatic rings. The molecule has 110 valence electrons. The van der Waals surface area contributed by atoms with Crippen molar-refractivity contribution in [3.63, 3.8) is 0 Å². The number of hydrogen-bond donors (Lipinski definition) is 2. The standard InChI is InChI=1S/C16H24N2O2/c1-12(2)9-15-11-18(8-7-17-15)10-13-3-5-14(6-4-13)16(19)20/h3-6,12,15,17H,7-11H2,1-2H3,(H,19,20). The first-order valence-electron chi connectivity index (χ1n) is 7.32. The van der Waals surface area contributed by atoms with Crippen LogP contribution in [0.25, 0.3) is 0 Å². The highest BCUT2D eigenvalue weighted by Crippen LogP contribution is 2.13. The van der Waals surface area contributed by atoms with Crippen molar-refractivity contribution in [1.82, 2.24) is 10.2 Å². The van der Waals surface area contributed by atoms with E-state index in [1.807, 2.05) is 12.1 Å². The summed E-state index contributed by atoms with van der Waals surface area (Å²) in [5.41, 5.74) is 1.53. The van der Waals surface area contributed by atoms with Gasteiger partial charge in [0.2, 0.25) is 0 Å². The minimum absolute atomic E-state index is 0.353. The van der Waals surface area contributed by atoms with Gasteiger partial charge in [0.1, 0.15) is 0 Å². The van der Waals surface area contributed by atoms with Crippen LogP contribution in [0.4, 0.5) is 0 Å². The fraction of sp³-hybridized carbons (Fsp3) is 0.562. The second-order valence-electron chi connectivity index (χ2n) is 6.02. The Labute approximate surface area is 120 Å². The summed E-state index contributed by atoms with van der Waals surface area (Å²) in [6, 6.07) is 7.78. The average molecular weight is 276 g/mol. The van der Waals surface area contributed by atoms with Crippen molar-refractivity contribution in [2.75, 3.05) is 19.6 Å². The van der Waals surface area contributed by atoms with E-state index in [2.05, 4.69) is 24.1 Å². The summed E-state index contributed by atoms with van der Waals surface area (Å²) in [6.07, 6.45) is 1.20. The van der Waals surface area contributed by atoms with Crippen molar-refractivity contribution in [1.29, 1.82) is 0 Å². The molecule has 4 heteroatoms. The number of nitrogens with zero attached hydrogens (tertiary/aromatic N) is 1. The predicted molar refractivity (Wildman–Crippen MR) is 79.9 cm³/mol. The Morgan fingerprint density at radius 2 is 2.10 bits per heavy atom. The number of carboxylic acids is 1. The molecule has 0 bridgehead atoms. The summed E-state index contributed by atoms with van der Waals surface area (Å²) in [5.74, 6) is -0.155. The second kappa shape index (κ2) is 6.86. The van der Waals surface area contributed by atoms with Gasteiger partial charge in [0.15, 0.2) is 0 Å². The molecule has 0 radical (unpaired) electrons. The molecule has 0 aliphatic carbocycles. The molecule has 2 N–H and O–H groups in total. The first kappa shape index (κ1) is 15.0. The lowest BCUT2D eigenvalue weighted by Crippen LogP contribution is -2.50. The first-order chi connectivity index (χ1) is 9.54. The number of nitrogens with one attached hydrogen (secondary N) is 1. The summed E-state index contributed by atoms with van der Waals surface area (Å²) in [5, 5.41) is 12.5. The number of benzene rings is 1. The third-order valence-electron chi connectivity index (χ3n) is 3.70. The van der Waals surface area contributed by atoms with E-state index in [4.69, 9.17) is 5.11 Å². The Hall–Kier alpha value is -1.39. The van der Waals surface area contributed by atoms with Gasteiger partial charge in [-0.3, -0.25) is 4.90 Å². The highest BCUT2D eigenvalue weighted by Gasteiger charge is 2.20. The number of rotatable bonds is 5. The molecule has 1 atom stereocenters. The Bertz CT molecular complexity index is 442. The number of piperazine rings is 1. The van der Waals surface area contributed by atoms with E-state index in [0.717, 1.165) is 26.2 Å². The second-order valence-corrected chi connectivity index (χ2v) is 6.02. The maximum atomic E-state index is 10.8. The van der Waals surface area contributed by atoms with E-state index in [1.165, 1.54) is 12.0 Å². The highest BCUT2D eigenvalue weighted by atomic mass is 16.4. The number of carbonyl (C=O) groups is 1. The molecular weight excluding hydrogens is 252 g/mol. The molecule has 4 nitrogen and oxygen atoms in total. The van der Waals surface area contributed by atoms with Crippen molar-refractivity contribution < 1.29 is 9.90 Å². The third kappa shape index (κ3) is 4.32. The molecule has 1 aromatic carbocycles. The van der Waals surface area contributed by atoms with Crippen molar-refractivity contribution in [3.05, 3.63) is 35.4 Å². The monoisotopic (exact) mass is 276 g/mol. The smallest absolute Gasteiger partial charge is 0.335 e. The molecular formula is C16H24N2O2. The molecule has 1 aliphatic rings. The van der Waals surface area contributed by atoms with Crippen LogP contribution in [0.5, 0.6) is 0 Å². The molecule has 2 rings (SSSR count). The zero-order valence-electron chi connectivity index (χ0n) is 12.3. The van der Waals surface area contributed by atoms with E-state index in [-0.39, 0.29) is 0 Å². The van der Waals surface area contributed by atoms with Crippen molar-refractivity contribution in [3.8, 4) is 0 Å². The van der Waals surface area contributed by atoms with Gasteiger partial charge in [-0.25, -0.2) is 4.79 Å². The Balaban J connectivity index is 1.90. The van der Waals surface area contributed by atoms with Gasteiger partial charge in [0.05, 0.1) is 5.56 Å². The van der Waals surface area contributed by atoms with Crippen LogP contribution in [0.1, 0.15) is 36.2 Å². The third-order valence-corrected chi connectivity index (χ3v) is 3.70. The minimum Gasteiger partial charge on any atom is -0.478 e. The van der Waals surface area contributed by atoms with E-state index in [0.29, 0.717) is 17.5 Å². The zero-order chi connectivity index (χ0) is 14.5. The molecule has 0 amide bonds. The van der Waals surface area contributed by atoms with Crippen molar-refractivity contribution >= 4 is 5.97 Å². The molecule has 1 fully saturated rings. The molecule has 1 aliphatic heterocycles. The van der Waals surface area contributed by atoms with Gasteiger partial charge in [-0.15, -0.1) is 0 Å². The van der Waals surface area contributed by atoms with E-state index < -0.39 is 5.97 Å². The molecule has 1 unspecified atom stereocenters. The topological polar surface area (TPSA) is 52.6 Å². The van der Waals surface area contributed by atoms with Crippen LogP contribution in [0.15, 0.2) is 24.3 Å². The normalized spacial score (nSPS) is 20.2. The van der Waals surface area contributed by atoms with Gasteiger partial charge >= 0.3 is 5.97 Å². The SMILES string of the molecule is CC(C)CC1CN(Cc2ccc(C(=O)O)cc2)CCN1. The van der Waals surface area contributed by atoms with Crippen LogP contribution in [0, 0.1) is 5.92 Å². The van der Waals surface area contributed by atoms with Gasteiger partial charge < -0.3 is 10.4 Å². The molecule has 1 saturated heterocycles. The van der Waals surface area contributed by atoms with Gasteiger partial charge in [-0.05, 0) is 30.0 Å². The minimum atomic E-state index is -0.865. The fourth-order valence-corrected chi connectivity index (χ4v) is 2.78. The van der Waals surface area contributed by atoms with Crippen molar-refractivity contribution in [2.24, 2.45) is 5.92 Å². The molecule has 0 aromatic heterocycles. The van der Waals surface area contributed by atoms with E-state index >= 15 is 0 Å². The Morgan fingerprint density at radius 3 is 2.70 bits per heavy atom. The quantitative estimate of drug-likeness (QED) is 0.865. The molecule has 0 saturated carbocycles. The van der Waals surface area contributed by atoms with Crippen LogP contribution >= 0.6 is 0 Å². The largest absolute Gasteiger partial charge is 0.478 e. The lowest BCUT2D eigenvalue weighted by atomic mass is 10.0. The van der Waals surface area contributed by atoms with Gasteiger partial charge in [0, 0.05) is 32.2 Å². The number of aromatic carboxylic acids is 1. The molecule has 0 spiro atoms. The zero-order valence-corrected chi connectivity index (χ0v) is 12.3. The lowest BCUT2D eigenvalue weighted by molar-refractivity contribution is 0.0697. The average Bonchev–Trinajstić information content (AvgIpc) is 2.39. The molecule has 20 heavy (non-hydrogen) atoms. The molecule has 1 heterocycles. The van der Waals surface area contributed by atoms with Crippen molar-refractivity contribution in [2.45, 2.75) is 32.9 Å². The number of carboxylic acid groups (broad SMARTS) is 1. The van der Waals surface area contributed by atoms with Crippen LogP contribution in [-0.2, 0) is 6.54 Å². The summed E-state index contributed by atoms with van der Waals surface area (Å²) in [7, 11) is 0. The highest BCUT2D eigenvalue weighted by molar-refractivity contribution is 5.87. The summed E-state index contributed by atoms with van der Waals surface area (Å²) in [6.45, 7) is 8.56. The van der Waals surface area contributed by atoms with Gasteiger partial charge in [-0.2, -0.15) is 0 Å². The summed E-state index contributed by atoms with van der Waals surface area (Å²) < 4.78 is 0. The van der Waals surface area contributed by atoms with Crippen LogP contribution in [-0.4, -0.2) is 41.7 Å². The van der Waals surface area contributed by atoms with Crippen LogP contribution in [0.3, 0.4) is 0 Å². The van der Waals surface area contributed by atoms with E-state index in [9.17, 15) is 4.79 Å². The van der Waals surface area contributed by atoms with E-state index in [1.54, 1.807) is 12.1 Å². The maximum Gasteiger partial charge on any atom is 0.335 e. The maximum absolute atomic E-state index is 10.8. The first-order valence-corrected chi connectivity index (χ1v) is 7.32. The summed E-state index contributed by atoms with van der Waals surface area (Å²) >= 11 is 0. The fourth-order valence-electron chi connectivity index (χ4n) is 2.78.